The van der Waals surface area contributed by atoms with Gasteiger partial charge in [0.2, 0.25) is 5.91 Å². The van der Waals surface area contributed by atoms with E-state index in [1.165, 1.54) is 30.6 Å². The molecule has 2 saturated heterocycles. The molecule has 1 saturated carbocycles. The van der Waals surface area contributed by atoms with Crippen LogP contribution < -0.4 is 5.32 Å². The lowest BCUT2D eigenvalue weighted by Crippen LogP contribution is -2.45. The Hall–Kier alpha value is -2.24. The maximum atomic E-state index is 13.1. The average molecular weight is 509 g/mol. The van der Waals surface area contributed by atoms with Crippen molar-refractivity contribution in [2.24, 2.45) is 5.92 Å². The maximum Gasteiger partial charge on any atom is 0.223 e. The Morgan fingerprint density at radius 2 is 1.83 bits per heavy atom. The molecule has 3 atom stereocenters. The molecule has 194 valence electrons. The first-order chi connectivity index (χ1) is 17.4. The zero-order chi connectivity index (χ0) is 25.2. The van der Waals surface area contributed by atoms with E-state index in [2.05, 4.69) is 51.8 Å². The van der Waals surface area contributed by atoms with E-state index in [-0.39, 0.29) is 17.9 Å². The summed E-state index contributed by atoms with van der Waals surface area (Å²) in [5, 5.41) is 21.7. The van der Waals surface area contributed by atoms with Gasteiger partial charge in [0.15, 0.2) is 0 Å². The second-order valence-electron chi connectivity index (χ2n) is 11.4. The summed E-state index contributed by atoms with van der Waals surface area (Å²) in [6.07, 6.45) is 11.2. The highest BCUT2D eigenvalue weighted by molar-refractivity contribution is 7.12. The molecule has 8 heteroatoms. The van der Waals surface area contributed by atoms with Gasteiger partial charge < -0.3 is 9.88 Å². The van der Waals surface area contributed by atoms with Crippen molar-refractivity contribution in [2.75, 3.05) is 6.54 Å². The number of aromatic nitrogens is 3. The number of fused-ring (bicyclic) bond motifs is 2. The third kappa shape index (κ3) is 5.24. The molecule has 2 aromatic rings. The van der Waals surface area contributed by atoms with Crippen molar-refractivity contribution in [3.05, 3.63) is 33.5 Å². The van der Waals surface area contributed by atoms with E-state index in [0.29, 0.717) is 28.9 Å². The van der Waals surface area contributed by atoms with Crippen molar-refractivity contribution in [2.45, 2.75) is 115 Å². The highest BCUT2D eigenvalue weighted by Gasteiger charge is 2.42. The Morgan fingerprint density at radius 3 is 2.47 bits per heavy atom. The minimum atomic E-state index is -0.0173. The summed E-state index contributed by atoms with van der Waals surface area (Å²) in [4.78, 5) is 17.7. The van der Waals surface area contributed by atoms with Crippen LogP contribution in [0.15, 0.2) is 12.1 Å². The fraction of sp³-hybridized carbons (Fsp3) is 0.714. The fourth-order valence-corrected chi connectivity index (χ4v) is 7.76. The molecule has 1 aliphatic carbocycles. The van der Waals surface area contributed by atoms with Crippen molar-refractivity contribution in [1.29, 1.82) is 5.26 Å². The molecule has 0 unspecified atom stereocenters. The Labute approximate surface area is 219 Å². The first-order valence-electron chi connectivity index (χ1n) is 13.9. The molecular weight excluding hydrogens is 468 g/mol. The third-order valence-electron chi connectivity index (χ3n) is 8.68. The second kappa shape index (κ2) is 11.0. The minimum absolute atomic E-state index is 0.0173. The molecule has 0 radical (unpaired) electrons. The number of aryl methyl sites for hydroxylation is 1. The van der Waals surface area contributed by atoms with Crippen LogP contribution in [0.2, 0.25) is 0 Å². The van der Waals surface area contributed by atoms with Crippen molar-refractivity contribution in [1.82, 2.24) is 25.0 Å². The zero-order valence-electron chi connectivity index (χ0n) is 21.9. The lowest BCUT2D eigenvalue weighted by molar-refractivity contribution is -0.126. The predicted octanol–water partition coefficient (Wildman–Crippen LogP) is 5.64. The molecule has 3 aliphatic rings. The number of carbonyl (C=O) groups excluding carboxylic acids is 1. The number of nitriles is 1. The molecule has 4 heterocycles. The molecule has 1 N–H and O–H groups in total. The van der Waals surface area contributed by atoms with Crippen LogP contribution in [0.25, 0.3) is 0 Å². The first kappa shape index (κ1) is 25.4. The second-order valence-corrected chi connectivity index (χ2v) is 12.5. The number of rotatable bonds is 8. The van der Waals surface area contributed by atoms with Gasteiger partial charge >= 0.3 is 0 Å². The van der Waals surface area contributed by atoms with Gasteiger partial charge in [-0.3, -0.25) is 9.69 Å². The number of hydrogen-bond acceptors (Lipinski definition) is 6. The van der Waals surface area contributed by atoms with Crippen LogP contribution >= 0.6 is 11.3 Å². The smallest absolute Gasteiger partial charge is 0.223 e. The molecule has 0 aromatic carbocycles. The Bertz CT molecular complexity index is 1080. The van der Waals surface area contributed by atoms with E-state index in [0.717, 1.165) is 68.0 Å². The monoisotopic (exact) mass is 508 g/mol. The van der Waals surface area contributed by atoms with Crippen LogP contribution in [-0.4, -0.2) is 44.2 Å². The summed E-state index contributed by atoms with van der Waals surface area (Å²) in [6, 6.07) is 7.80. The van der Waals surface area contributed by atoms with E-state index in [9.17, 15) is 10.1 Å². The molecule has 3 fully saturated rings. The molecule has 7 nitrogen and oxygen atoms in total. The van der Waals surface area contributed by atoms with Crippen LogP contribution in [0, 0.1) is 24.2 Å². The number of nitrogens with one attached hydrogen (secondary N) is 1. The highest BCUT2D eigenvalue weighted by atomic mass is 32.1. The summed E-state index contributed by atoms with van der Waals surface area (Å²) in [7, 11) is 0. The van der Waals surface area contributed by atoms with Crippen molar-refractivity contribution < 1.29 is 4.79 Å². The predicted molar refractivity (Wildman–Crippen MR) is 142 cm³/mol. The standard InChI is InChI=1S/C28H40N6OS/c1-18(2)27-32-31-19(3)34(27)23-15-21-9-10-22(16-23)33(21)14-13-25(26-12-11-24(17-29)36-26)30-28(35)20-7-5-4-6-8-20/h11-12,18,20-23,25H,4-10,13-16H2,1-3H3,(H,30,35)/t21-,22-,25-/m0/s1. The quantitative estimate of drug-likeness (QED) is 0.499. The molecule has 5 rings (SSSR count). The van der Waals surface area contributed by atoms with Gasteiger partial charge in [-0.25, -0.2) is 0 Å². The Balaban J connectivity index is 1.26. The van der Waals surface area contributed by atoms with Gasteiger partial charge in [0, 0.05) is 41.4 Å². The molecule has 36 heavy (non-hydrogen) atoms. The molecule has 1 amide bonds. The average Bonchev–Trinajstić information content (AvgIpc) is 3.58. The Kier molecular flexibility index (Phi) is 7.78. The minimum Gasteiger partial charge on any atom is -0.348 e. The van der Waals surface area contributed by atoms with E-state index >= 15 is 0 Å². The molecule has 2 aliphatic heterocycles. The highest BCUT2D eigenvalue weighted by Crippen LogP contribution is 2.42. The third-order valence-corrected chi connectivity index (χ3v) is 9.79. The normalized spacial score (nSPS) is 25.7. The lowest BCUT2D eigenvalue weighted by Gasteiger charge is -2.40. The van der Waals surface area contributed by atoms with E-state index in [1.807, 2.05) is 12.1 Å². The van der Waals surface area contributed by atoms with Crippen LogP contribution in [0.4, 0.5) is 0 Å². The fourth-order valence-electron chi connectivity index (χ4n) is 6.87. The summed E-state index contributed by atoms with van der Waals surface area (Å²) >= 11 is 1.53. The molecular formula is C28H40N6OS. The van der Waals surface area contributed by atoms with Gasteiger partial charge in [0.05, 0.1) is 6.04 Å². The Morgan fingerprint density at radius 1 is 1.11 bits per heavy atom. The summed E-state index contributed by atoms with van der Waals surface area (Å²) in [5.74, 6) is 2.87. The van der Waals surface area contributed by atoms with Crippen LogP contribution in [0.1, 0.15) is 117 Å². The van der Waals surface area contributed by atoms with Gasteiger partial charge in [-0.2, -0.15) is 5.26 Å². The first-order valence-corrected chi connectivity index (χ1v) is 14.7. The number of amides is 1. The van der Waals surface area contributed by atoms with Crippen molar-refractivity contribution in [3.63, 3.8) is 0 Å². The van der Waals surface area contributed by atoms with Gasteiger partial charge in [-0.1, -0.05) is 33.1 Å². The number of nitrogens with zero attached hydrogens (tertiary/aromatic N) is 5. The summed E-state index contributed by atoms with van der Waals surface area (Å²) in [5.41, 5.74) is 0. The van der Waals surface area contributed by atoms with Gasteiger partial charge in [0.1, 0.15) is 22.6 Å². The van der Waals surface area contributed by atoms with Gasteiger partial charge in [0.25, 0.3) is 0 Å². The topological polar surface area (TPSA) is 86.8 Å². The summed E-state index contributed by atoms with van der Waals surface area (Å²) in [6.45, 7) is 7.47. The summed E-state index contributed by atoms with van der Waals surface area (Å²) < 4.78 is 2.41. The SMILES string of the molecule is Cc1nnc(C(C)C)n1C1C[C@@H]2CC[C@@H](C1)N2CC[C@H](NC(=O)C1CCCCC1)c1ccc(C#N)s1. The number of hydrogen-bond donors (Lipinski definition) is 1. The van der Waals surface area contributed by atoms with Crippen molar-refractivity contribution in [3.8, 4) is 6.07 Å². The number of carbonyl (C=O) groups is 1. The lowest BCUT2D eigenvalue weighted by atomic mass is 9.88. The van der Waals surface area contributed by atoms with Gasteiger partial charge in [-0.05, 0) is 64.0 Å². The van der Waals surface area contributed by atoms with Crippen molar-refractivity contribution >= 4 is 17.2 Å². The van der Waals surface area contributed by atoms with E-state index < -0.39 is 0 Å². The van der Waals surface area contributed by atoms with Crippen LogP contribution in [-0.2, 0) is 4.79 Å². The number of piperidine rings is 1. The maximum absolute atomic E-state index is 13.1. The largest absolute Gasteiger partial charge is 0.348 e. The van der Waals surface area contributed by atoms with E-state index in [4.69, 9.17) is 0 Å². The van der Waals surface area contributed by atoms with Gasteiger partial charge in [-0.15, -0.1) is 21.5 Å². The van der Waals surface area contributed by atoms with Crippen LogP contribution in [0.3, 0.4) is 0 Å². The zero-order valence-corrected chi connectivity index (χ0v) is 22.8. The van der Waals surface area contributed by atoms with E-state index in [1.54, 1.807) is 0 Å². The molecule has 0 spiro atoms. The molecule has 2 aromatic heterocycles. The van der Waals surface area contributed by atoms with Crippen LogP contribution in [0.5, 0.6) is 0 Å². The molecule has 2 bridgehead atoms. The number of thiophene rings is 1.